The van der Waals surface area contributed by atoms with Gasteiger partial charge in [-0.15, -0.1) is 0 Å². The second-order valence-corrected chi connectivity index (χ2v) is 17.0. The van der Waals surface area contributed by atoms with Crippen molar-refractivity contribution in [2.24, 2.45) is 0 Å². The average Bonchev–Trinajstić information content (AvgIpc) is 3.78. The van der Waals surface area contributed by atoms with Gasteiger partial charge < -0.3 is 19.1 Å². The maximum Gasteiger partial charge on any atom is 0.138 e. The van der Waals surface area contributed by atoms with Crippen molar-refractivity contribution in [2.45, 2.75) is 0 Å². The Labute approximate surface area is 396 Å². The van der Waals surface area contributed by atoms with Crippen LogP contribution in [0.2, 0.25) is 0 Å². The third-order valence-corrected chi connectivity index (χ3v) is 12.8. The van der Waals surface area contributed by atoms with Gasteiger partial charge in [-0.2, -0.15) is 0 Å². The summed E-state index contributed by atoms with van der Waals surface area (Å²) in [5.41, 5.74) is 15.9. The van der Waals surface area contributed by atoms with Crippen LogP contribution < -0.4 is 14.7 Å². The van der Waals surface area contributed by atoms with Gasteiger partial charge in [0.2, 0.25) is 0 Å². The summed E-state index contributed by atoms with van der Waals surface area (Å²) in [6.45, 7) is 0. The van der Waals surface area contributed by atoms with E-state index in [-0.39, 0.29) is 0 Å². The zero-order valence-electron chi connectivity index (χ0n) is 37.2. The molecule has 0 aliphatic rings. The molecule has 11 aromatic carbocycles. The summed E-state index contributed by atoms with van der Waals surface area (Å²) in [4.78, 5) is 7.00. The highest BCUT2D eigenvalue weighted by molar-refractivity contribution is 6.22. The van der Waals surface area contributed by atoms with Gasteiger partial charge in [0.15, 0.2) is 0 Å². The molecular weight excluding hydrogens is 827 g/mol. The molecule has 0 aliphatic carbocycles. The van der Waals surface area contributed by atoms with Gasteiger partial charge in [-0.1, -0.05) is 164 Å². The molecule has 0 saturated carbocycles. The van der Waals surface area contributed by atoms with E-state index in [0.717, 1.165) is 95.0 Å². The minimum absolute atomic E-state index is 0.816. The molecule has 0 saturated heterocycles. The molecule has 4 nitrogen and oxygen atoms in total. The molecule has 4 heteroatoms. The lowest BCUT2D eigenvalue weighted by atomic mass is 10.0. The smallest absolute Gasteiger partial charge is 0.138 e. The predicted molar refractivity (Wildman–Crippen MR) is 286 cm³/mol. The molecule has 68 heavy (non-hydrogen) atoms. The fourth-order valence-corrected chi connectivity index (χ4v) is 9.61. The van der Waals surface area contributed by atoms with E-state index in [2.05, 4.69) is 288 Å². The summed E-state index contributed by atoms with van der Waals surface area (Å²) in [7, 11) is 0. The van der Waals surface area contributed by atoms with Gasteiger partial charge in [0.25, 0.3) is 0 Å². The number of fused-ring (bicyclic) bond motifs is 4. The van der Waals surface area contributed by atoms with Crippen LogP contribution in [0.5, 0.6) is 0 Å². The highest BCUT2D eigenvalue weighted by atomic mass is 16.3. The third kappa shape index (κ3) is 7.60. The molecule has 0 fully saturated rings. The molecule has 0 atom stereocenters. The van der Waals surface area contributed by atoms with Crippen molar-refractivity contribution in [1.82, 2.24) is 0 Å². The summed E-state index contributed by atoms with van der Waals surface area (Å²) < 4.78 is 6.98. The first-order chi connectivity index (χ1) is 33.7. The van der Waals surface area contributed by atoms with Gasteiger partial charge >= 0.3 is 0 Å². The quantitative estimate of drug-likeness (QED) is 0.129. The van der Waals surface area contributed by atoms with Crippen LogP contribution in [0.1, 0.15) is 0 Å². The van der Waals surface area contributed by atoms with Crippen LogP contribution in [-0.4, -0.2) is 0 Å². The number of nitrogens with zero attached hydrogens (tertiary/aromatic N) is 3. The summed E-state index contributed by atoms with van der Waals surface area (Å²) in [6.07, 6.45) is 0. The number of benzene rings is 11. The van der Waals surface area contributed by atoms with Crippen LogP contribution in [0.3, 0.4) is 0 Å². The van der Waals surface area contributed by atoms with E-state index in [4.69, 9.17) is 4.42 Å². The molecule has 0 amide bonds. The Hall–Kier alpha value is -9.12. The molecule has 0 bridgehead atoms. The molecule has 0 radical (unpaired) electrons. The molecule has 0 unspecified atom stereocenters. The molecular formula is C64H45N3O. The lowest BCUT2D eigenvalue weighted by molar-refractivity contribution is 0.669. The van der Waals surface area contributed by atoms with Crippen molar-refractivity contribution >= 4 is 83.9 Å². The SMILES string of the molecule is c1ccc(-c2ccc(N(c3ccc(-c4cccc(N(c5ccccc5)c5ccccc5)c4)cc3)c3ccc4c(c3)oc3cc5ccccc5c(N(c5ccccc5)c5ccccc5)c34)cc2)cc1. The van der Waals surface area contributed by atoms with Gasteiger partial charge in [-0.3, -0.25) is 0 Å². The van der Waals surface area contributed by atoms with Gasteiger partial charge in [0, 0.05) is 62.3 Å². The third-order valence-electron chi connectivity index (χ3n) is 12.8. The summed E-state index contributed by atoms with van der Waals surface area (Å²) in [5.74, 6) is 0. The van der Waals surface area contributed by atoms with E-state index >= 15 is 0 Å². The molecule has 0 aliphatic heterocycles. The highest BCUT2D eigenvalue weighted by Gasteiger charge is 2.24. The van der Waals surface area contributed by atoms with Crippen molar-refractivity contribution in [3.05, 3.63) is 273 Å². The van der Waals surface area contributed by atoms with E-state index in [1.807, 2.05) is 0 Å². The molecule has 1 heterocycles. The number of para-hydroxylation sites is 4. The minimum Gasteiger partial charge on any atom is -0.456 e. The van der Waals surface area contributed by atoms with E-state index in [1.165, 1.54) is 11.1 Å². The number of hydrogen-bond acceptors (Lipinski definition) is 4. The van der Waals surface area contributed by atoms with Crippen molar-refractivity contribution < 1.29 is 4.42 Å². The average molecular weight is 872 g/mol. The van der Waals surface area contributed by atoms with Crippen LogP contribution in [0.15, 0.2) is 277 Å². The van der Waals surface area contributed by atoms with Crippen LogP contribution >= 0.6 is 0 Å². The molecule has 0 spiro atoms. The first kappa shape index (κ1) is 40.4. The Morgan fingerprint density at radius 3 is 1.19 bits per heavy atom. The Bertz CT molecular complexity index is 3570. The number of rotatable bonds is 11. The standard InChI is InChI=1S/C64H45N3O/c1-6-19-46(20-7-1)47-33-37-55(38-34-47)66(56-39-35-48(36-40-56)49-22-18-31-57(43-49)65(51-23-8-2-9-24-51)52-25-10-3-11-26-52)58-41-42-60-61(45-58)68-62-44-50-21-16-17-32-59(50)64(63(60)62)67(53-27-12-4-13-28-53)54-29-14-5-15-30-54/h1-45H. The van der Waals surface area contributed by atoms with Crippen molar-refractivity contribution in [2.75, 3.05) is 14.7 Å². The van der Waals surface area contributed by atoms with Gasteiger partial charge in [0.05, 0.1) is 11.1 Å². The first-order valence-corrected chi connectivity index (χ1v) is 23.1. The normalized spacial score (nSPS) is 11.2. The van der Waals surface area contributed by atoms with Crippen molar-refractivity contribution in [3.63, 3.8) is 0 Å². The summed E-state index contributed by atoms with van der Waals surface area (Å²) in [6, 6.07) is 96.9. The Morgan fingerprint density at radius 1 is 0.235 bits per heavy atom. The Kier molecular flexibility index (Phi) is 10.5. The second-order valence-electron chi connectivity index (χ2n) is 17.0. The van der Waals surface area contributed by atoms with Crippen LogP contribution in [-0.2, 0) is 0 Å². The van der Waals surface area contributed by atoms with E-state index in [0.29, 0.717) is 0 Å². The first-order valence-electron chi connectivity index (χ1n) is 23.1. The fourth-order valence-electron chi connectivity index (χ4n) is 9.61. The maximum absolute atomic E-state index is 6.98. The number of hydrogen-bond donors (Lipinski definition) is 0. The van der Waals surface area contributed by atoms with Gasteiger partial charge in [0.1, 0.15) is 11.2 Å². The van der Waals surface area contributed by atoms with Crippen LogP contribution in [0.25, 0.3) is 55.0 Å². The highest BCUT2D eigenvalue weighted by Crippen LogP contribution is 2.48. The zero-order valence-corrected chi connectivity index (χ0v) is 37.2. The summed E-state index contributed by atoms with van der Waals surface area (Å²) >= 11 is 0. The van der Waals surface area contributed by atoms with E-state index in [1.54, 1.807) is 0 Å². The summed E-state index contributed by atoms with van der Waals surface area (Å²) in [5, 5.41) is 4.39. The zero-order chi connectivity index (χ0) is 45.2. The molecule has 12 rings (SSSR count). The predicted octanol–water partition coefficient (Wildman–Crippen LogP) is 18.5. The number of anilines is 9. The minimum atomic E-state index is 0.816. The molecule has 322 valence electrons. The Morgan fingerprint density at radius 2 is 0.632 bits per heavy atom. The largest absolute Gasteiger partial charge is 0.456 e. The van der Waals surface area contributed by atoms with E-state index in [9.17, 15) is 0 Å². The van der Waals surface area contributed by atoms with Crippen molar-refractivity contribution in [1.29, 1.82) is 0 Å². The van der Waals surface area contributed by atoms with Gasteiger partial charge in [-0.05, 0) is 131 Å². The number of furan rings is 1. The lowest BCUT2D eigenvalue weighted by Crippen LogP contribution is -2.11. The fraction of sp³-hybridized carbons (Fsp3) is 0. The lowest BCUT2D eigenvalue weighted by Gasteiger charge is -2.28. The topological polar surface area (TPSA) is 22.9 Å². The van der Waals surface area contributed by atoms with Crippen LogP contribution in [0, 0.1) is 0 Å². The van der Waals surface area contributed by atoms with Gasteiger partial charge in [-0.25, -0.2) is 0 Å². The monoisotopic (exact) mass is 871 g/mol. The molecule has 12 aromatic rings. The van der Waals surface area contributed by atoms with Crippen LogP contribution in [0.4, 0.5) is 51.2 Å². The second kappa shape index (κ2) is 17.7. The molecule has 1 aromatic heterocycles. The Balaban J connectivity index is 0.984. The molecule has 0 N–H and O–H groups in total. The van der Waals surface area contributed by atoms with E-state index < -0.39 is 0 Å². The maximum atomic E-state index is 6.98. The van der Waals surface area contributed by atoms with Crippen molar-refractivity contribution in [3.8, 4) is 22.3 Å².